The number of hydrogen-bond donors (Lipinski definition) is 1. The van der Waals surface area contributed by atoms with Gasteiger partial charge in [-0.1, -0.05) is 24.3 Å². The monoisotopic (exact) mass is 340 g/mol. The van der Waals surface area contributed by atoms with Crippen molar-refractivity contribution >= 4 is 34.2 Å². The van der Waals surface area contributed by atoms with Crippen LogP contribution in [0.25, 0.3) is 0 Å². The van der Waals surface area contributed by atoms with E-state index in [1.165, 1.54) is 5.56 Å². The first kappa shape index (κ1) is 11.1. The lowest BCUT2D eigenvalue weighted by Gasteiger charge is -2.38. The second kappa shape index (κ2) is 4.01. The second-order valence-electron chi connectivity index (χ2n) is 4.50. The van der Waals surface area contributed by atoms with Crippen LogP contribution in [-0.4, -0.2) is 12.0 Å². The minimum absolute atomic E-state index is 0.0886. The molecule has 1 aliphatic carbocycles. The highest BCUT2D eigenvalue weighted by Gasteiger charge is 2.38. The summed E-state index contributed by atoms with van der Waals surface area (Å²) in [6.45, 7) is 0. The zero-order valence-corrected chi connectivity index (χ0v) is 11.2. The SMILES string of the molecule is O=C([O-])[C@H]1Nc2c(I)cccc2[C@H]2C=CC[C@H]12. The Kier molecular flexibility index (Phi) is 2.61. The average molecular weight is 340 g/mol. The van der Waals surface area contributed by atoms with Gasteiger partial charge in [-0.3, -0.25) is 0 Å². The minimum Gasteiger partial charge on any atom is -0.548 e. The van der Waals surface area contributed by atoms with Crippen molar-refractivity contribution < 1.29 is 9.90 Å². The van der Waals surface area contributed by atoms with Gasteiger partial charge in [-0.25, -0.2) is 0 Å². The van der Waals surface area contributed by atoms with Gasteiger partial charge in [0.25, 0.3) is 0 Å². The van der Waals surface area contributed by atoms with Gasteiger partial charge in [0.2, 0.25) is 0 Å². The fourth-order valence-electron chi connectivity index (χ4n) is 2.82. The van der Waals surface area contributed by atoms with Gasteiger partial charge >= 0.3 is 0 Å². The van der Waals surface area contributed by atoms with Gasteiger partial charge in [0.15, 0.2) is 0 Å². The van der Waals surface area contributed by atoms with Crippen molar-refractivity contribution in [2.24, 2.45) is 5.92 Å². The average Bonchev–Trinajstić information content (AvgIpc) is 2.77. The van der Waals surface area contributed by atoms with E-state index in [4.69, 9.17) is 0 Å². The highest BCUT2D eigenvalue weighted by molar-refractivity contribution is 14.1. The lowest BCUT2D eigenvalue weighted by molar-refractivity contribution is -0.308. The van der Waals surface area contributed by atoms with E-state index in [0.29, 0.717) is 0 Å². The third kappa shape index (κ3) is 1.66. The zero-order chi connectivity index (χ0) is 12.0. The highest BCUT2D eigenvalue weighted by atomic mass is 127. The molecule has 17 heavy (non-hydrogen) atoms. The Morgan fingerprint density at radius 3 is 3.06 bits per heavy atom. The largest absolute Gasteiger partial charge is 0.548 e. The molecule has 0 aromatic heterocycles. The lowest BCUT2D eigenvalue weighted by Crippen LogP contribution is -2.49. The van der Waals surface area contributed by atoms with Crippen molar-refractivity contribution in [1.82, 2.24) is 0 Å². The number of carbonyl (C=O) groups excluding carboxylic acids is 1. The number of allylic oxidation sites excluding steroid dienone is 2. The molecular weight excluding hydrogens is 329 g/mol. The van der Waals surface area contributed by atoms with Crippen LogP contribution in [0, 0.1) is 9.49 Å². The van der Waals surface area contributed by atoms with Crippen LogP contribution >= 0.6 is 22.6 Å². The Bertz CT molecular complexity index is 512. The zero-order valence-electron chi connectivity index (χ0n) is 9.02. The standard InChI is InChI=1S/C13H12INO2/c14-10-6-2-5-8-7-3-1-4-9(7)12(13(16)17)15-11(8)10/h1-3,5-7,9,12,15H,4H2,(H,16,17)/p-1/t7-,9+,12+/m1/s1. The van der Waals surface area contributed by atoms with Gasteiger partial charge in [-0.2, -0.15) is 0 Å². The van der Waals surface area contributed by atoms with Crippen LogP contribution in [0.3, 0.4) is 0 Å². The number of anilines is 1. The molecule has 3 nitrogen and oxygen atoms in total. The number of carbonyl (C=O) groups is 1. The maximum Gasteiger partial charge on any atom is 0.0698 e. The van der Waals surface area contributed by atoms with E-state index in [1.807, 2.05) is 12.1 Å². The first-order valence-corrected chi connectivity index (χ1v) is 6.69. The predicted octanol–water partition coefficient (Wildman–Crippen LogP) is 1.49. The molecule has 2 aliphatic rings. The maximum atomic E-state index is 11.2. The number of carboxylic acids is 1. The third-order valence-corrected chi connectivity index (χ3v) is 4.50. The van der Waals surface area contributed by atoms with Gasteiger partial charge in [-0.05, 0) is 46.6 Å². The van der Waals surface area contributed by atoms with Crippen molar-refractivity contribution in [2.75, 3.05) is 5.32 Å². The molecular formula is C13H11INO2-. The number of aliphatic carboxylic acids is 1. The van der Waals surface area contributed by atoms with E-state index in [9.17, 15) is 9.90 Å². The van der Waals surface area contributed by atoms with Gasteiger partial charge in [0.05, 0.1) is 17.7 Å². The fraction of sp³-hybridized carbons (Fsp3) is 0.308. The maximum absolute atomic E-state index is 11.2. The van der Waals surface area contributed by atoms with Crippen molar-refractivity contribution in [3.05, 3.63) is 39.5 Å². The summed E-state index contributed by atoms with van der Waals surface area (Å²) in [6.07, 6.45) is 5.00. The van der Waals surface area contributed by atoms with Crippen molar-refractivity contribution in [1.29, 1.82) is 0 Å². The molecule has 1 aliphatic heterocycles. The number of benzene rings is 1. The van der Waals surface area contributed by atoms with Crippen LogP contribution < -0.4 is 10.4 Å². The molecule has 4 heteroatoms. The van der Waals surface area contributed by atoms with Crippen LogP contribution in [0.4, 0.5) is 5.69 Å². The first-order chi connectivity index (χ1) is 8.18. The minimum atomic E-state index is -1.01. The Hall–Kier alpha value is -1.04. The molecule has 0 spiro atoms. The molecule has 1 N–H and O–H groups in total. The molecule has 3 rings (SSSR count). The highest BCUT2D eigenvalue weighted by Crippen LogP contribution is 2.45. The van der Waals surface area contributed by atoms with Gasteiger partial charge < -0.3 is 15.2 Å². The van der Waals surface area contributed by atoms with Crippen molar-refractivity contribution in [3.8, 4) is 0 Å². The summed E-state index contributed by atoms with van der Waals surface area (Å²) in [4.78, 5) is 11.2. The summed E-state index contributed by atoms with van der Waals surface area (Å²) >= 11 is 2.23. The second-order valence-corrected chi connectivity index (χ2v) is 5.66. The molecule has 1 aromatic carbocycles. The lowest BCUT2D eigenvalue weighted by atomic mass is 9.79. The summed E-state index contributed by atoms with van der Waals surface area (Å²) in [5.41, 5.74) is 2.16. The Labute approximate surface area is 113 Å². The molecule has 1 aromatic rings. The normalized spacial score (nSPS) is 29.4. The summed E-state index contributed by atoms with van der Waals surface area (Å²) in [5.74, 6) is -0.705. The molecule has 0 unspecified atom stereocenters. The Balaban J connectivity index is 2.12. The Morgan fingerprint density at radius 2 is 2.29 bits per heavy atom. The van der Waals surface area contributed by atoms with Crippen molar-refractivity contribution in [2.45, 2.75) is 18.4 Å². The van der Waals surface area contributed by atoms with Crippen molar-refractivity contribution in [3.63, 3.8) is 0 Å². The van der Waals surface area contributed by atoms with Crippen LogP contribution in [0.5, 0.6) is 0 Å². The van der Waals surface area contributed by atoms with E-state index >= 15 is 0 Å². The van der Waals surface area contributed by atoms with E-state index in [0.717, 1.165) is 15.7 Å². The molecule has 1 heterocycles. The van der Waals surface area contributed by atoms with E-state index < -0.39 is 12.0 Å². The number of carboxylic acid groups (broad SMARTS) is 1. The number of para-hydroxylation sites is 1. The number of hydrogen-bond acceptors (Lipinski definition) is 3. The molecule has 0 bridgehead atoms. The summed E-state index contributed by atoms with van der Waals surface area (Å²) in [7, 11) is 0. The fourth-order valence-corrected chi connectivity index (χ4v) is 3.49. The molecule has 0 amide bonds. The van der Waals surface area contributed by atoms with Gasteiger partial charge in [0.1, 0.15) is 0 Å². The van der Waals surface area contributed by atoms with Crippen LogP contribution in [0.1, 0.15) is 17.9 Å². The van der Waals surface area contributed by atoms with E-state index in [2.05, 4.69) is 46.1 Å². The number of fused-ring (bicyclic) bond motifs is 3. The number of halogens is 1. The molecule has 3 atom stereocenters. The summed E-state index contributed by atoms with van der Waals surface area (Å²) in [5, 5.41) is 14.3. The van der Waals surface area contributed by atoms with Crippen LogP contribution in [0.15, 0.2) is 30.4 Å². The summed E-state index contributed by atoms with van der Waals surface area (Å²) in [6, 6.07) is 5.49. The topological polar surface area (TPSA) is 52.2 Å². The molecule has 0 saturated carbocycles. The predicted molar refractivity (Wildman–Crippen MR) is 71.6 cm³/mol. The van der Waals surface area contributed by atoms with Crippen LogP contribution in [-0.2, 0) is 4.79 Å². The van der Waals surface area contributed by atoms with Gasteiger partial charge in [0, 0.05) is 9.49 Å². The smallest absolute Gasteiger partial charge is 0.0698 e. The van der Waals surface area contributed by atoms with E-state index in [-0.39, 0.29) is 11.8 Å². The molecule has 0 radical (unpaired) electrons. The number of rotatable bonds is 1. The quantitative estimate of drug-likeness (QED) is 0.623. The third-order valence-electron chi connectivity index (χ3n) is 3.60. The first-order valence-electron chi connectivity index (χ1n) is 5.61. The molecule has 88 valence electrons. The number of nitrogens with one attached hydrogen (secondary N) is 1. The van der Waals surface area contributed by atoms with Crippen LogP contribution in [0.2, 0.25) is 0 Å². The molecule has 0 saturated heterocycles. The van der Waals surface area contributed by atoms with E-state index in [1.54, 1.807) is 0 Å². The summed E-state index contributed by atoms with van der Waals surface area (Å²) < 4.78 is 1.06. The Morgan fingerprint density at radius 1 is 1.47 bits per heavy atom. The molecule has 0 fully saturated rings. The van der Waals surface area contributed by atoms with Gasteiger partial charge in [-0.15, -0.1) is 0 Å².